The van der Waals surface area contributed by atoms with Crippen LogP contribution in [0, 0.1) is 6.92 Å². The van der Waals surface area contributed by atoms with Gasteiger partial charge in [0.05, 0.1) is 12.8 Å². The van der Waals surface area contributed by atoms with Gasteiger partial charge in [-0.05, 0) is 26.0 Å². The van der Waals surface area contributed by atoms with E-state index >= 15 is 0 Å². The maximum Gasteiger partial charge on any atom is 0.255 e. The largest absolute Gasteiger partial charge is 0.496 e. The number of nitrogens with one attached hydrogen (secondary N) is 1. The van der Waals surface area contributed by atoms with E-state index in [0.29, 0.717) is 5.22 Å². The number of para-hydroxylation sites is 1. The van der Waals surface area contributed by atoms with Gasteiger partial charge in [0, 0.05) is 17.4 Å². The molecule has 1 aromatic carbocycles. The molecule has 0 saturated carbocycles. The molecule has 1 heterocycles. The minimum Gasteiger partial charge on any atom is -0.496 e. The number of hydrogen-bond donors (Lipinski definition) is 1. The fourth-order valence-corrected chi connectivity index (χ4v) is 3.02. The zero-order chi connectivity index (χ0) is 15.1. The highest BCUT2D eigenvalue weighted by atomic mass is 32.2. The summed E-state index contributed by atoms with van der Waals surface area (Å²) < 4.78 is 10.9. The molecule has 0 aliphatic heterocycles. The van der Waals surface area contributed by atoms with Crippen molar-refractivity contribution in [3.05, 3.63) is 41.8 Å². The summed E-state index contributed by atoms with van der Waals surface area (Å²) in [4.78, 5) is 4.34. The quantitative estimate of drug-likeness (QED) is 0.751. The van der Waals surface area contributed by atoms with E-state index in [1.165, 1.54) is 5.56 Å². The first-order chi connectivity index (χ1) is 10.2. The molecule has 1 N–H and O–H groups in total. The second-order valence-electron chi connectivity index (χ2n) is 4.81. The fourth-order valence-electron chi connectivity index (χ4n) is 2.08. The highest BCUT2D eigenvalue weighted by Crippen LogP contribution is 2.29. The Morgan fingerprint density at radius 3 is 2.86 bits per heavy atom. The van der Waals surface area contributed by atoms with E-state index in [0.717, 1.165) is 30.2 Å². The summed E-state index contributed by atoms with van der Waals surface area (Å²) in [7, 11) is 1.71. The maximum atomic E-state index is 5.47. The Balaban J connectivity index is 2.09. The molecule has 114 valence electrons. The van der Waals surface area contributed by atoms with Gasteiger partial charge in [-0.2, -0.15) is 0 Å². The number of aromatic nitrogens is 1. The van der Waals surface area contributed by atoms with Gasteiger partial charge in [-0.25, -0.2) is 4.98 Å². The van der Waals surface area contributed by atoms with Gasteiger partial charge in [0.15, 0.2) is 0 Å². The Hall–Kier alpha value is -1.46. The lowest BCUT2D eigenvalue weighted by Crippen LogP contribution is -2.24. The van der Waals surface area contributed by atoms with Gasteiger partial charge in [0.25, 0.3) is 5.22 Å². The molecule has 5 heteroatoms. The summed E-state index contributed by atoms with van der Waals surface area (Å²) in [5.41, 5.74) is 2.08. The molecule has 1 atom stereocenters. The standard InChI is InChI=1S/C16H22N2O2S/c1-4-9-17-14(11-21-16-18-12(2)10-20-16)13-7-5-6-8-15(13)19-3/h5-8,10,14,17H,4,9,11H2,1-3H3. The summed E-state index contributed by atoms with van der Waals surface area (Å²) in [6.45, 7) is 5.06. The molecule has 4 nitrogen and oxygen atoms in total. The van der Waals surface area contributed by atoms with Crippen molar-refractivity contribution < 1.29 is 9.15 Å². The smallest absolute Gasteiger partial charge is 0.255 e. The van der Waals surface area contributed by atoms with Crippen LogP contribution in [0.4, 0.5) is 0 Å². The van der Waals surface area contributed by atoms with Crippen LogP contribution in [0.25, 0.3) is 0 Å². The molecule has 0 amide bonds. The Bertz CT molecular complexity index is 557. The van der Waals surface area contributed by atoms with E-state index in [1.807, 2.05) is 25.1 Å². The van der Waals surface area contributed by atoms with E-state index in [2.05, 4.69) is 23.3 Å². The number of benzene rings is 1. The Morgan fingerprint density at radius 2 is 2.19 bits per heavy atom. The molecule has 2 rings (SSSR count). The van der Waals surface area contributed by atoms with Crippen molar-refractivity contribution in [1.82, 2.24) is 10.3 Å². The summed E-state index contributed by atoms with van der Waals surface area (Å²) in [5.74, 6) is 1.76. The van der Waals surface area contributed by atoms with Crippen LogP contribution in [0.1, 0.15) is 30.6 Å². The van der Waals surface area contributed by atoms with E-state index in [-0.39, 0.29) is 6.04 Å². The average Bonchev–Trinajstić information content (AvgIpc) is 2.93. The van der Waals surface area contributed by atoms with Gasteiger partial charge in [0.2, 0.25) is 0 Å². The minimum absolute atomic E-state index is 0.207. The number of oxazole rings is 1. The van der Waals surface area contributed by atoms with Crippen molar-refractivity contribution in [1.29, 1.82) is 0 Å². The molecule has 0 spiro atoms. The first-order valence-electron chi connectivity index (χ1n) is 7.15. The van der Waals surface area contributed by atoms with E-state index in [9.17, 15) is 0 Å². The molecule has 0 aliphatic carbocycles. The van der Waals surface area contributed by atoms with E-state index in [1.54, 1.807) is 25.1 Å². The maximum absolute atomic E-state index is 5.47. The summed E-state index contributed by atoms with van der Waals surface area (Å²) in [5, 5.41) is 4.28. The van der Waals surface area contributed by atoms with Crippen molar-refractivity contribution in [2.45, 2.75) is 31.5 Å². The first-order valence-corrected chi connectivity index (χ1v) is 8.14. The van der Waals surface area contributed by atoms with Gasteiger partial charge in [0.1, 0.15) is 12.0 Å². The zero-order valence-corrected chi connectivity index (χ0v) is 13.6. The molecule has 0 radical (unpaired) electrons. The third-order valence-corrected chi connectivity index (χ3v) is 4.06. The van der Waals surface area contributed by atoms with Crippen molar-refractivity contribution in [2.75, 3.05) is 19.4 Å². The topological polar surface area (TPSA) is 47.3 Å². The lowest BCUT2D eigenvalue weighted by atomic mass is 10.1. The Morgan fingerprint density at radius 1 is 1.38 bits per heavy atom. The number of nitrogens with zero attached hydrogens (tertiary/aromatic N) is 1. The molecule has 0 saturated heterocycles. The predicted molar refractivity (Wildman–Crippen MR) is 86.0 cm³/mol. The lowest BCUT2D eigenvalue weighted by molar-refractivity contribution is 0.402. The molecule has 0 bridgehead atoms. The minimum atomic E-state index is 0.207. The van der Waals surface area contributed by atoms with Crippen LogP contribution in [0.15, 0.2) is 40.2 Å². The fraction of sp³-hybridized carbons (Fsp3) is 0.438. The van der Waals surface area contributed by atoms with Crippen molar-refractivity contribution in [3.8, 4) is 5.75 Å². The van der Waals surface area contributed by atoms with Crippen LogP contribution in [-0.4, -0.2) is 24.4 Å². The molecule has 1 unspecified atom stereocenters. The van der Waals surface area contributed by atoms with Gasteiger partial charge in [-0.1, -0.05) is 36.9 Å². The number of thioether (sulfide) groups is 1. The Labute approximate surface area is 130 Å². The second-order valence-corrected chi connectivity index (χ2v) is 5.79. The normalized spacial score (nSPS) is 12.3. The van der Waals surface area contributed by atoms with Crippen LogP contribution in [0.2, 0.25) is 0 Å². The van der Waals surface area contributed by atoms with Crippen LogP contribution < -0.4 is 10.1 Å². The zero-order valence-electron chi connectivity index (χ0n) is 12.8. The SMILES string of the molecule is CCCNC(CSc1nc(C)co1)c1ccccc1OC. The molecular formula is C16H22N2O2S. The summed E-state index contributed by atoms with van der Waals surface area (Å²) >= 11 is 1.62. The van der Waals surface area contributed by atoms with Crippen molar-refractivity contribution in [3.63, 3.8) is 0 Å². The molecule has 2 aromatic rings. The van der Waals surface area contributed by atoms with Crippen molar-refractivity contribution >= 4 is 11.8 Å². The molecular weight excluding hydrogens is 284 g/mol. The Kier molecular flexibility index (Phi) is 6.14. The van der Waals surface area contributed by atoms with Gasteiger partial charge < -0.3 is 14.5 Å². The third-order valence-electron chi connectivity index (χ3n) is 3.13. The van der Waals surface area contributed by atoms with Crippen LogP contribution in [0.5, 0.6) is 5.75 Å². The number of aryl methyl sites for hydroxylation is 1. The van der Waals surface area contributed by atoms with Gasteiger partial charge in [-0.15, -0.1) is 0 Å². The highest BCUT2D eigenvalue weighted by molar-refractivity contribution is 7.99. The van der Waals surface area contributed by atoms with Crippen LogP contribution in [-0.2, 0) is 0 Å². The number of ether oxygens (including phenoxy) is 1. The molecule has 21 heavy (non-hydrogen) atoms. The van der Waals surface area contributed by atoms with E-state index in [4.69, 9.17) is 9.15 Å². The van der Waals surface area contributed by atoms with Crippen LogP contribution >= 0.6 is 11.8 Å². The molecule has 1 aromatic heterocycles. The van der Waals surface area contributed by atoms with E-state index < -0.39 is 0 Å². The number of methoxy groups -OCH3 is 1. The second kappa shape index (κ2) is 8.10. The van der Waals surface area contributed by atoms with Crippen molar-refractivity contribution in [2.24, 2.45) is 0 Å². The third kappa shape index (κ3) is 4.51. The first kappa shape index (κ1) is 15.9. The van der Waals surface area contributed by atoms with Crippen LogP contribution in [0.3, 0.4) is 0 Å². The monoisotopic (exact) mass is 306 g/mol. The van der Waals surface area contributed by atoms with Gasteiger partial charge in [-0.3, -0.25) is 0 Å². The lowest BCUT2D eigenvalue weighted by Gasteiger charge is -2.20. The number of rotatable bonds is 8. The summed E-state index contributed by atoms with van der Waals surface area (Å²) in [6.07, 6.45) is 2.77. The number of hydrogen-bond acceptors (Lipinski definition) is 5. The summed E-state index contributed by atoms with van der Waals surface area (Å²) in [6, 6.07) is 8.34. The average molecular weight is 306 g/mol. The highest BCUT2D eigenvalue weighted by Gasteiger charge is 2.16. The predicted octanol–water partition coefficient (Wildman–Crippen LogP) is 3.82. The van der Waals surface area contributed by atoms with Gasteiger partial charge >= 0.3 is 0 Å². The molecule has 0 fully saturated rings. The molecule has 0 aliphatic rings.